The number of hydrogen-bond donors (Lipinski definition) is 1. The molecule has 0 radical (unpaired) electrons. The fraction of sp³-hybridized carbons (Fsp3) is 0.438. The highest BCUT2D eigenvalue weighted by molar-refractivity contribution is 7.19. The van der Waals surface area contributed by atoms with Gasteiger partial charge < -0.3 is 5.11 Å². The van der Waals surface area contributed by atoms with Crippen LogP contribution in [0.4, 0.5) is 0 Å². The highest BCUT2D eigenvalue weighted by Gasteiger charge is 2.21. The van der Waals surface area contributed by atoms with E-state index in [9.17, 15) is 4.79 Å². The molecule has 0 bridgehead atoms. The standard InChI is InChI=1S/C16H21NO2S/c1-11(2)17(9-8-16(18)19)12(3)15-10-13-6-4-5-7-14(13)20-15/h4-7,10-12H,8-9H2,1-3H3,(H,18,19). The van der Waals surface area contributed by atoms with E-state index in [-0.39, 0.29) is 12.5 Å². The molecule has 0 saturated carbocycles. The first kappa shape index (κ1) is 15.0. The third kappa shape index (κ3) is 3.38. The molecule has 2 aromatic rings. The molecule has 1 aromatic heterocycles. The average Bonchev–Trinajstić information content (AvgIpc) is 2.81. The van der Waals surface area contributed by atoms with Crippen LogP contribution in [0.25, 0.3) is 10.1 Å². The Balaban J connectivity index is 2.21. The zero-order valence-electron chi connectivity index (χ0n) is 12.2. The summed E-state index contributed by atoms with van der Waals surface area (Å²) >= 11 is 1.80. The van der Waals surface area contributed by atoms with Gasteiger partial charge in [-0.2, -0.15) is 0 Å². The summed E-state index contributed by atoms with van der Waals surface area (Å²) in [6, 6.07) is 11.2. The van der Waals surface area contributed by atoms with Gasteiger partial charge >= 0.3 is 5.97 Å². The number of carboxylic acids is 1. The quantitative estimate of drug-likeness (QED) is 0.869. The maximum atomic E-state index is 10.8. The molecular formula is C16H21NO2S. The Morgan fingerprint density at radius 3 is 2.60 bits per heavy atom. The summed E-state index contributed by atoms with van der Waals surface area (Å²) in [6.45, 7) is 6.98. The van der Waals surface area contributed by atoms with Gasteiger partial charge in [-0.05, 0) is 38.3 Å². The maximum Gasteiger partial charge on any atom is 0.304 e. The lowest BCUT2D eigenvalue weighted by Gasteiger charge is -2.31. The summed E-state index contributed by atoms with van der Waals surface area (Å²) < 4.78 is 1.29. The van der Waals surface area contributed by atoms with Crippen LogP contribution in [0.15, 0.2) is 30.3 Å². The second-order valence-electron chi connectivity index (χ2n) is 5.34. The number of rotatable bonds is 6. The number of thiophene rings is 1. The van der Waals surface area contributed by atoms with Crippen molar-refractivity contribution in [1.82, 2.24) is 4.90 Å². The molecule has 20 heavy (non-hydrogen) atoms. The first-order valence-electron chi connectivity index (χ1n) is 6.95. The lowest BCUT2D eigenvalue weighted by molar-refractivity contribution is -0.137. The van der Waals surface area contributed by atoms with Gasteiger partial charge in [-0.15, -0.1) is 11.3 Å². The third-order valence-electron chi connectivity index (χ3n) is 3.60. The van der Waals surface area contributed by atoms with Crippen molar-refractivity contribution in [3.05, 3.63) is 35.2 Å². The van der Waals surface area contributed by atoms with Crippen LogP contribution in [0.1, 0.15) is 38.1 Å². The van der Waals surface area contributed by atoms with Crippen LogP contribution in [-0.4, -0.2) is 28.6 Å². The zero-order chi connectivity index (χ0) is 14.7. The smallest absolute Gasteiger partial charge is 0.304 e. The maximum absolute atomic E-state index is 10.8. The molecule has 0 aliphatic heterocycles. The fourth-order valence-corrected chi connectivity index (χ4v) is 3.63. The van der Waals surface area contributed by atoms with E-state index in [4.69, 9.17) is 5.11 Å². The Morgan fingerprint density at radius 1 is 1.30 bits per heavy atom. The number of nitrogens with zero attached hydrogens (tertiary/aromatic N) is 1. The second kappa shape index (κ2) is 6.37. The van der Waals surface area contributed by atoms with Crippen molar-refractivity contribution in [2.45, 2.75) is 39.3 Å². The Morgan fingerprint density at radius 2 is 2.00 bits per heavy atom. The molecule has 1 N–H and O–H groups in total. The summed E-state index contributed by atoms with van der Waals surface area (Å²) in [6.07, 6.45) is 0.188. The Labute approximate surface area is 123 Å². The van der Waals surface area contributed by atoms with Crippen LogP contribution >= 0.6 is 11.3 Å². The normalized spacial score (nSPS) is 13.2. The number of fused-ring (bicyclic) bond motifs is 1. The van der Waals surface area contributed by atoms with Gasteiger partial charge in [-0.3, -0.25) is 9.69 Å². The fourth-order valence-electron chi connectivity index (χ4n) is 2.50. The van der Waals surface area contributed by atoms with Crippen LogP contribution in [0.5, 0.6) is 0 Å². The van der Waals surface area contributed by atoms with Crippen LogP contribution < -0.4 is 0 Å². The monoisotopic (exact) mass is 291 g/mol. The lowest BCUT2D eigenvalue weighted by atomic mass is 10.1. The van der Waals surface area contributed by atoms with Gasteiger partial charge in [0.1, 0.15) is 0 Å². The van der Waals surface area contributed by atoms with Crippen molar-refractivity contribution in [2.24, 2.45) is 0 Å². The molecule has 1 heterocycles. The lowest BCUT2D eigenvalue weighted by Crippen LogP contribution is -2.35. The van der Waals surface area contributed by atoms with E-state index in [0.29, 0.717) is 12.6 Å². The van der Waals surface area contributed by atoms with E-state index in [1.165, 1.54) is 15.0 Å². The molecular weight excluding hydrogens is 270 g/mol. The number of carbonyl (C=O) groups is 1. The molecule has 0 saturated heterocycles. The van der Waals surface area contributed by atoms with Crippen molar-refractivity contribution >= 4 is 27.4 Å². The average molecular weight is 291 g/mol. The van der Waals surface area contributed by atoms with Crippen molar-refractivity contribution in [3.8, 4) is 0 Å². The van der Waals surface area contributed by atoms with Gasteiger partial charge in [0, 0.05) is 28.2 Å². The van der Waals surface area contributed by atoms with Gasteiger partial charge in [0.25, 0.3) is 0 Å². The SMILES string of the molecule is CC(C)N(CCC(=O)O)C(C)c1cc2ccccc2s1. The summed E-state index contributed by atoms with van der Waals surface area (Å²) in [5.74, 6) is -0.737. The van der Waals surface area contributed by atoms with E-state index >= 15 is 0 Å². The zero-order valence-corrected chi connectivity index (χ0v) is 13.0. The molecule has 0 amide bonds. The van der Waals surface area contributed by atoms with Crippen molar-refractivity contribution in [2.75, 3.05) is 6.54 Å². The van der Waals surface area contributed by atoms with Crippen molar-refractivity contribution in [3.63, 3.8) is 0 Å². The molecule has 1 unspecified atom stereocenters. The largest absolute Gasteiger partial charge is 0.481 e. The van der Waals surface area contributed by atoms with E-state index in [1.54, 1.807) is 11.3 Å². The van der Waals surface area contributed by atoms with Crippen LogP contribution in [0.3, 0.4) is 0 Å². The number of aliphatic carboxylic acids is 1. The van der Waals surface area contributed by atoms with Crippen molar-refractivity contribution in [1.29, 1.82) is 0 Å². The van der Waals surface area contributed by atoms with E-state index in [0.717, 1.165) is 0 Å². The van der Waals surface area contributed by atoms with Gasteiger partial charge in [0.05, 0.1) is 6.42 Å². The van der Waals surface area contributed by atoms with Crippen LogP contribution in [-0.2, 0) is 4.79 Å². The highest BCUT2D eigenvalue weighted by atomic mass is 32.1. The molecule has 0 spiro atoms. The van der Waals surface area contributed by atoms with E-state index in [2.05, 4.69) is 49.9 Å². The molecule has 1 aromatic carbocycles. The van der Waals surface area contributed by atoms with Gasteiger partial charge in [-0.1, -0.05) is 18.2 Å². The Hall–Kier alpha value is -1.39. The summed E-state index contributed by atoms with van der Waals surface area (Å²) in [5.41, 5.74) is 0. The first-order valence-corrected chi connectivity index (χ1v) is 7.76. The highest BCUT2D eigenvalue weighted by Crippen LogP contribution is 2.33. The molecule has 3 nitrogen and oxygen atoms in total. The molecule has 0 fully saturated rings. The summed E-state index contributed by atoms with van der Waals surface area (Å²) in [7, 11) is 0. The molecule has 1 atom stereocenters. The van der Waals surface area contributed by atoms with Crippen molar-refractivity contribution < 1.29 is 9.90 Å². The van der Waals surface area contributed by atoms with Gasteiger partial charge in [0.15, 0.2) is 0 Å². The summed E-state index contributed by atoms with van der Waals surface area (Å²) in [5, 5.41) is 10.2. The van der Waals surface area contributed by atoms with Crippen LogP contribution in [0, 0.1) is 0 Å². The Kier molecular flexibility index (Phi) is 4.78. The predicted molar refractivity (Wildman–Crippen MR) is 84.3 cm³/mol. The van der Waals surface area contributed by atoms with E-state index < -0.39 is 5.97 Å². The number of hydrogen-bond acceptors (Lipinski definition) is 3. The minimum absolute atomic E-state index is 0.188. The van der Waals surface area contributed by atoms with Gasteiger partial charge in [-0.25, -0.2) is 0 Å². The molecule has 4 heteroatoms. The number of carboxylic acid groups (broad SMARTS) is 1. The minimum atomic E-state index is -0.737. The predicted octanol–water partition coefficient (Wildman–Crippen LogP) is 4.15. The van der Waals surface area contributed by atoms with Gasteiger partial charge in [0.2, 0.25) is 0 Å². The number of benzene rings is 1. The molecule has 0 aliphatic carbocycles. The van der Waals surface area contributed by atoms with Crippen LogP contribution in [0.2, 0.25) is 0 Å². The molecule has 2 rings (SSSR count). The van der Waals surface area contributed by atoms with E-state index in [1.807, 2.05) is 6.07 Å². The first-order chi connectivity index (χ1) is 9.49. The third-order valence-corrected chi connectivity index (χ3v) is 4.89. The molecule has 108 valence electrons. The molecule has 0 aliphatic rings. The Bertz CT molecular complexity index is 558. The summed E-state index contributed by atoms with van der Waals surface area (Å²) in [4.78, 5) is 14.3. The minimum Gasteiger partial charge on any atom is -0.481 e. The second-order valence-corrected chi connectivity index (χ2v) is 6.45. The topological polar surface area (TPSA) is 40.5 Å².